The number of aryl methyl sites for hydroxylation is 2. The van der Waals surface area contributed by atoms with E-state index in [0.717, 1.165) is 22.3 Å². The monoisotopic (exact) mass is 340 g/mol. The molecule has 1 atom stereocenters. The summed E-state index contributed by atoms with van der Waals surface area (Å²) < 4.78 is 14.8. The van der Waals surface area contributed by atoms with E-state index in [0.29, 0.717) is 5.56 Å². The smallest absolute Gasteiger partial charge is 0.129 e. The van der Waals surface area contributed by atoms with Crippen LogP contribution in [0.5, 0.6) is 0 Å². The van der Waals surface area contributed by atoms with Gasteiger partial charge in [-0.1, -0.05) is 22.0 Å². The molecule has 1 aliphatic carbocycles. The maximum absolute atomic E-state index is 14.1. The van der Waals surface area contributed by atoms with E-state index in [1.54, 1.807) is 11.3 Å². The Morgan fingerprint density at radius 1 is 1.42 bits per heavy atom. The van der Waals surface area contributed by atoms with E-state index >= 15 is 0 Å². The number of thiazole rings is 1. The number of benzene rings is 1. The van der Waals surface area contributed by atoms with Crippen LogP contribution in [0.25, 0.3) is 0 Å². The van der Waals surface area contributed by atoms with Crippen LogP contribution in [0.1, 0.15) is 33.6 Å². The molecular weight excluding hydrogens is 327 g/mol. The molecule has 0 radical (unpaired) electrons. The van der Waals surface area contributed by atoms with E-state index in [-0.39, 0.29) is 11.9 Å². The Balaban J connectivity index is 1.99. The Bertz CT molecular complexity index is 590. The summed E-state index contributed by atoms with van der Waals surface area (Å²) in [6.07, 6.45) is 3.38. The molecule has 19 heavy (non-hydrogen) atoms. The van der Waals surface area contributed by atoms with Crippen molar-refractivity contribution in [3.05, 3.63) is 49.6 Å². The summed E-state index contributed by atoms with van der Waals surface area (Å²) in [5.41, 5.74) is 1.86. The van der Waals surface area contributed by atoms with Gasteiger partial charge in [0, 0.05) is 14.9 Å². The molecule has 1 unspecified atom stereocenters. The second-order valence-electron chi connectivity index (χ2n) is 4.66. The molecule has 1 N–H and O–H groups in total. The van der Waals surface area contributed by atoms with Gasteiger partial charge in [0.2, 0.25) is 0 Å². The number of rotatable bonds is 3. The molecule has 1 aromatic carbocycles. The van der Waals surface area contributed by atoms with Crippen molar-refractivity contribution in [1.29, 1.82) is 0 Å². The van der Waals surface area contributed by atoms with Crippen LogP contribution >= 0.6 is 27.3 Å². The summed E-state index contributed by atoms with van der Waals surface area (Å²) in [6, 6.07) is 5.02. The van der Waals surface area contributed by atoms with Gasteiger partial charge in [-0.05, 0) is 38.4 Å². The third-order valence-corrected chi connectivity index (χ3v) is 5.14. The molecule has 0 saturated heterocycles. The Kier molecular flexibility index (Phi) is 3.69. The molecule has 3 rings (SSSR count). The number of halogens is 2. The van der Waals surface area contributed by atoms with Gasteiger partial charge >= 0.3 is 0 Å². The minimum Gasteiger partial charge on any atom is -0.307 e. The standard InChI is InChI=1S/C14H14BrFN2S/c1-17-13(9-6-5-8(15)7-10(9)16)14-18-11-3-2-4-12(11)19-14/h5-7,13,17H,2-4H2,1H3. The van der Waals surface area contributed by atoms with Gasteiger partial charge < -0.3 is 5.32 Å². The molecule has 0 aliphatic heterocycles. The van der Waals surface area contributed by atoms with Gasteiger partial charge in [0.25, 0.3) is 0 Å². The van der Waals surface area contributed by atoms with Gasteiger partial charge in [0.15, 0.2) is 0 Å². The van der Waals surface area contributed by atoms with Gasteiger partial charge in [-0.25, -0.2) is 9.37 Å². The van der Waals surface area contributed by atoms with E-state index < -0.39 is 0 Å². The third kappa shape index (κ3) is 2.47. The molecule has 0 fully saturated rings. The fourth-order valence-electron chi connectivity index (χ4n) is 2.48. The fraction of sp³-hybridized carbons (Fsp3) is 0.357. The molecule has 2 aromatic rings. The van der Waals surface area contributed by atoms with Crippen LogP contribution < -0.4 is 5.32 Å². The van der Waals surface area contributed by atoms with Crippen LogP contribution in [-0.2, 0) is 12.8 Å². The SMILES string of the molecule is CNC(c1nc2c(s1)CCC2)c1ccc(Br)cc1F. The predicted octanol–water partition coefficient (Wildman–Crippen LogP) is 3.84. The van der Waals surface area contributed by atoms with Crippen molar-refractivity contribution in [3.8, 4) is 0 Å². The highest BCUT2D eigenvalue weighted by atomic mass is 79.9. The third-order valence-electron chi connectivity index (χ3n) is 3.42. The molecular formula is C14H14BrFN2S. The summed E-state index contributed by atoms with van der Waals surface area (Å²) in [5.74, 6) is -0.205. The number of hydrogen-bond acceptors (Lipinski definition) is 3. The van der Waals surface area contributed by atoms with E-state index in [2.05, 4.69) is 26.2 Å². The summed E-state index contributed by atoms with van der Waals surface area (Å²) in [4.78, 5) is 6.05. The van der Waals surface area contributed by atoms with Gasteiger partial charge in [-0.3, -0.25) is 0 Å². The van der Waals surface area contributed by atoms with E-state index in [1.807, 2.05) is 19.2 Å². The first-order chi connectivity index (χ1) is 9.19. The molecule has 0 amide bonds. The first-order valence-electron chi connectivity index (χ1n) is 6.29. The second-order valence-corrected chi connectivity index (χ2v) is 6.69. The fourth-order valence-corrected chi connectivity index (χ4v) is 4.10. The number of aromatic nitrogens is 1. The lowest BCUT2D eigenvalue weighted by Gasteiger charge is -2.15. The van der Waals surface area contributed by atoms with E-state index in [4.69, 9.17) is 0 Å². The lowest BCUT2D eigenvalue weighted by atomic mass is 10.1. The lowest BCUT2D eigenvalue weighted by molar-refractivity contribution is 0.573. The van der Waals surface area contributed by atoms with Crippen LogP contribution in [0, 0.1) is 5.82 Å². The largest absolute Gasteiger partial charge is 0.307 e. The first-order valence-corrected chi connectivity index (χ1v) is 7.90. The zero-order valence-corrected chi connectivity index (χ0v) is 12.9. The van der Waals surface area contributed by atoms with Crippen molar-refractivity contribution in [1.82, 2.24) is 10.3 Å². The van der Waals surface area contributed by atoms with Gasteiger partial charge in [0.1, 0.15) is 10.8 Å². The molecule has 0 spiro atoms. The number of nitrogens with one attached hydrogen (secondary N) is 1. The molecule has 2 nitrogen and oxygen atoms in total. The minimum atomic E-state index is -0.205. The second kappa shape index (κ2) is 5.31. The van der Waals surface area contributed by atoms with Crippen molar-refractivity contribution in [2.75, 3.05) is 7.05 Å². The van der Waals surface area contributed by atoms with Gasteiger partial charge in [-0.15, -0.1) is 11.3 Å². The van der Waals surface area contributed by atoms with Crippen molar-refractivity contribution in [2.24, 2.45) is 0 Å². The van der Waals surface area contributed by atoms with Crippen molar-refractivity contribution in [3.63, 3.8) is 0 Å². The average molecular weight is 341 g/mol. The van der Waals surface area contributed by atoms with Crippen LogP contribution in [0.3, 0.4) is 0 Å². The topological polar surface area (TPSA) is 24.9 Å². The molecule has 1 heterocycles. The molecule has 100 valence electrons. The summed E-state index contributed by atoms with van der Waals surface area (Å²) >= 11 is 5.00. The minimum absolute atomic E-state index is 0.163. The molecule has 0 saturated carbocycles. The number of fused-ring (bicyclic) bond motifs is 1. The summed E-state index contributed by atoms with van der Waals surface area (Å²) in [7, 11) is 1.85. The first kappa shape index (κ1) is 13.2. The molecule has 0 bridgehead atoms. The summed E-state index contributed by atoms with van der Waals surface area (Å²) in [5, 5.41) is 4.14. The lowest BCUT2D eigenvalue weighted by Crippen LogP contribution is -2.19. The van der Waals surface area contributed by atoms with Gasteiger partial charge in [0.05, 0.1) is 11.7 Å². The Morgan fingerprint density at radius 2 is 2.26 bits per heavy atom. The maximum Gasteiger partial charge on any atom is 0.129 e. The quantitative estimate of drug-likeness (QED) is 0.918. The Morgan fingerprint density at radius 3 is 2.95 bits per heavy atom. The number of hydrogen-bond donors (Lipinski definition) is 1. The molecule has 1 aliphatic rings. The molecule has 1 aromatic heterocycles. The Labute approximate surface area is 124 Å². The zero-order valence-electron chi connectivity index (χ0n) is 10.5. The average Bonchev–Trinajstić information content (AvgIpc) is 2.93. The highest BCUT2D eigenvalue weighted by Gasteiger charge is 2.24. The number of nitrogens with zero attached hydrogens (tertiary/aromatic N) is 1. The Hall–Kier alpha value is -0.780. The van der Waals surface area contributed by atoms with Crippen molar-refractivity contribution in [2.45, 2.75) is 25.3 Å². The zero-order chi connectivity index (χ0) is 13.4. The van der Waals surface area contributed by atoms with Crippen LogP contribution in [0.15, 0.2) is 22.7 Å². The van der Waals surface area contributed by atoms with Gasteiger partial charge in [-0.2, -0.15) is 0 Å². The predicted molar refractivity (Wildman–Crippen MR) is 79.1 cm³/mol. The highest BCUT2D eigenvalue weighted by molar-refractivity contribution is 9.10. The normalized spacial score (nSPS) is 15.5. The van der Waals surface area contributed by atoms with Crippen LogP contribution in [-0.4, -0.2) is 12.0 Å². The van der Waals surface area contributed by atoms with Crippen LogP contribution in [0.2, 0.25) is 0 Å². The highest BCUT2D eigenvalue weighted by Crippen LogP contribution is 2.34. The summed E-state index contributed by atoms with van der Waals surface area (Å²) in [6.45, 7) is 0. The molecule has 5 heteroatoms. The van der Waals surface area contributed by atoms with Crippen molar-refractivity contribution < 1.29 is 4.39 Å². The van der Waals surface area contributed by atoms with Crippen LogP contribution in [0.4, 0.5) is 4.39 Å². The maximum atomic E-state index is 14.1. The van der Waals surface area contributed by atoms with Crippen molar-refractivity contribution >= 4 is 27.3 Å². The van der Waals surface area contributed by atoms with E-state index in [9.17, 15) is 4.39 Å². The van der Waals surface area contributed by atoms with E-state index in [1.165, 1.54) is 23.1 Å².